The molecule has 6 nitrogen and oxygen atoms in total. The molecule has 9 heteroatoms. The number of aromatic nitrogens is 1. The van der Waals surface area contributed by atoms with Gasteiger partial charge in [0.2, 0.25) is 5.88 Å². The van der Waals surface area contributed by atoms with Crippen molar-refractivity contribution in [3.8, 4) is 5.88 Å². The van der Waals surface area contributed by atoms with Gasteiger partial charge in [-0.25, -0.2) is 4.98 Å². The van der Waals surface area contributed by atoms with Crippen molar-refractivity contribution in [2.75, 3.05) is 0 Å². The Morgan fingerprint density at radius 3 is 2.52 bits per heavy atom. The lowest BCUT2D eigenvalue weighted by molar-refractivity contribution is -0.209. The molecule has 1 saturated heterocycles. The second kappa shape index (κ2) is 6.42. The van der Waals surface area contributed by atoms with Crippen LogP contribution in [0.3, 0.4) is 0 Å². The first-order valence-corrected chi connectivity index (χ1v) is 6.84. The largest absolute Gasteiger partial charge is 0.468 e. The van der Waals surface area contributed by atoms with Crippen LogP contribution < -0.4 is 4.74 Å². The number of carbonyl (C=O) groups is 1. The van der Waals surface area contributed by atoms with E-state index in [-0.39, 0.29) is 0 Å². The molecular formula is C14H16F3NO5. The molecule has 0 amide bonds. The van der Waals surface area contributed by atoms with Gasteiger partial charge in [-0.05, 0) is 19.9 Å². The van der Waals surface area contributed by atoms with Gasteiger partial charge in [0.1, 0.15) is 17.9 Å². The van der Waals surface area contributed by atoms with Gasteiger partial charge in [-0.15, -0.1) is 0 Å². The molecule has 23 heavy (non-hydrogen) atoms. The van der Waals surface area contributed by atoms with Crippen molar-refractivity contribution < 1.29 is 37.7 Å². The van der Waals surface area contributed by atoms with Crippen LogP contribution in [0.25, 0.3) is 0 Å². The lowest BCUT2D eigenvalue weighted by Gasteiger charge is -2.40. The van der Waals surface area contributed by atoms with E-state index < -0.39 is 54.1 Å². The number of halogens is 3. The monoisotopic (exact) mass is 335 g/mol. The van der Waals surface area contributed by atoms with Crippen molar-refractivity contribution in [1.82, 2.24) is 4.98 Å². The summed E-state index contributed by atoms with van der Waals surface area (Å²) in [5.74, 6) is -0.916. The molecule has 0 aliphatic carbocycles. The molecule has 0 saturated carbocycles. The summed E-state index contributed by atoms with van der Waals surface area (Å²) in [6.07, 6.45) is -10.9. The third kappa shape index (κ3) is 3.80. The van der Waals surface area contributed by atoms with Crippen LogP contribution in [-0.2, 0) is 15.7 Å². The van der Waals surface area contributed by atoms with Crippen molar-refractivity contribution in [3.63, 3.8) is 0 Å². The standard InChI is InChI=1S/C14H16F3NO5/c1-6(19)12-13(11(21)10(20)7(2)22-12)23-9-5-3-4-8(18-9)14(15,16)17/h3-5,7,10-13,20-21H,1-2H3/t7-,10+,11+,12-,13-/m1/s1. The summed E-state index contributed by atoms with van der Waals surface area (Å²) in [7, 11) is 0. The van der Waals surface area contributed by atoms with Crippen LogP contribution >= 0.6 is 0 Å². The minimum absolute atomic E-state index is 0.430. The molecule has 5 atom stereocenters. The number of nitrogens with zero attached hydrogens (tertiary/aromatic N) is 1. The molecular weight excluding hydrogens is 319 g/mol. The Morgan fingerprint density at radius 1 is 1.30 bits per heavy atom. The normalized spacial score (nSPS) is 31.7. The van der Waals surface area contributed by atoms with E-state index >= 15 is 0 Å². The number of hydrogen-bond acceptors (Lipinski definition) is 6. The highest BCUT2D eigenvalue weighted by Gasteiger charge is 2.46. The van der Waals surface area contributed by atoms with E-state index in [4.69, 9.17) is 9.47 Å². The molecule has 0 aromatic carbocycles. The van der Waals surface area contributed by atoms with Crippen LogP contribution in [0.1, 0.15) is 19.5 Å². The van der Waals surface area contributed by atoms with E-state index in [1.807, 2.05) is 0 Å². The number of ketones is 1. The Morgan fingerprint density at radius 2 is 1.96 bits per heavy atom. The van der Waals surface area contributed by atoms with Crippen LogP contribution in [0.5, 0.6) is 5.88 Å². The van der Waals surface area contributed by atoms with E-state index in [1.54, 1.807) is 0 Å². The van der Waals surface area contributed by atoms with Crippen molar-refractivity contribution in [2.45, 2.75) is 50.5 Å². The van der Waals surface area contributed by atoms with Crippen molar-refractivity contribution in [3.05, 3.63) is 23.9 Å². The molecule has 2 rings (SSSR count). The Balaban J connectivity index is 2.27. The molecule has 0 bridgehead atoms. The Hall–Kier alpha value is -1.71. The lowest BCUT2D eigenvalue weighted by Crippen LogP contribution is -2.60. The summed E-state index contributed by atoms with van der Waals surface area (Å²) in [5, 5.41) is 19.9. The SMILES string of the molecule is CC(=O)[C@H]1O[C@H](C)[C@H](O)[C@H](O)[C@H]1Oc1cccc(C(F)(F)F)n1. The molecule has 1 aromatic heterocycles. The lowest BCUT2D eigenvalue weighted by atomic mass is 9.93. The summed E-state index contributed by atoms with van der Waals surface area (Å²) < 4.78 is 48.5. The maximum atomic E-state index is 12.7. The highest BCUT2D eigenvalue weighted by atomic mass is 19.4. The highest BCUT2D eigenvalue weighted by molar-refractivity contribution is 5.81. The van der Waals surface area contributed by atoms with E-state index in [0.29, 0.717) is 0 Å². The molecule has 1 fully saturated rings. The van der Waals surface area contributed by atoms with Crippen LogP contribution in [0.15, 0.2) is 18.2 Å². The smallest absolute Gasteiger partial charge is 0.433 e. The topological polar surface area (TPSA) is 88.9 Å². The van der Waals surface area contributed by atoms with Gasteiger partial charge < -0.3 is 19.7 Å². The van der Waals surface area contributed by atoms with Gasteiger partial charge in [-0.1, -0.05) is 6.07 Å². The minimum atomic E-state index is -4.66. The van der Waals surface area contributed by atoms with E-state index in [2.05, 4.69) is 4.98 Å². The number of alkyl halides is 3. The number of Topliss-reactive ketones (excluding diaryl/α,β-unsaturated/α-hetero) is 1. The fourth-order valence-corrected chi connectivity index (χ4v) is 2.28. The number of aliphatic hydroxyl groups excluding tert-OH is 2. The molecule has 2 heterocycles. The van der Waals surface area contributed by atoms with Crippen LogP contribution in [0.4, 0.5) is 13.2 Å². The third-order valence-electron chi connectivity index (χ3n) is 3.50. The summed E-state index contributed by atoms with van der Waals surface area (Å²) >= 11 is 0. The zero-order valence-electron chi connectivity index (χ0n) is 12.3. The number of carbonyl (C=O) groups excluding carboxylic acids is 1. The van der Waals surface area contributed by atoms with Crippen molar-refractivity contribution >= 4 is 5.78 Å². The second-order valence-electron chi connectivity index (χ2n) is 5.29. The Kier molecular flexibility index (Phi) is 4.92. The van der Waals surface area contributed by atoms with Gasteiger partial charge in [0.15, 0.2) is 18.0 Å². The minimum Gasteiger partial charge on any atom is -0.468 e. The first-order valence-electron chi connectivity index (χ1n) is 6.84. The molecule has 128 valence electrons. The second-order valence-corrected chi connectivity index (χ2v) is 5.29. The Bertz CT molecular complexity index is 580. The van der Waals surface area contributed by atoms with Gasteiger partial charge >= 0.3 is 6.18 Å². The molecule has 0 unspecified atom stereocenters. The van der Waals surface area contributed by atoms with E-state index in [0.717, 1.165) is 18.2 Å². The average molecular weight is 335 g/mol. The predicted molar refractivity (Wildman–Crippen MR) is 70.7 cm³/mol. The average Bonchev–Trinajstić information content (AvgIpc) is 2.47. The summed E-state index contributed by atoms with van der Waals surface area (Å²) in [5.41, 5.74) is -1.17. The summed E-state index contributed by atoms with van der Waals surface area (Å²) in [6, 6.07) is 3.01. The van der Waals surface area contributed by atoms with Gasteiger partial charge in [-0.2, -0.15) is 13.2 Å². The maximum absolute atomic E-state index is 12.7. The summed E-state index contributed by atoms with van der Waals surface area (Å²) in [6.45, 7) is 2.65. The first-order chi connectivity index (χ1) is 10.6. The zero-order valence-corrected chi connectivity index (χ0v) is 12.3. The zero-order chi connectivity index (χ0) is 17.4. The quantitative estimate of drug-likeness (QED) is 0.855. The van der Waals surface area contributed by atoms with Crippen LogP contribution in [0, 0.1) is 0 Å². The van der Waals surface area contributed by atoms with Gasteiger partial charge in [-0.3, -0.25) is 4.79 Å². The molecule has 2 N–H and O–H groups in total. The predicted octanol–water partition coefficient (Wildman–Crippen LogP) is 0.946. The number of ether oxygens (including phenoxy) is 2. The number of rotatable bonds is 3. The van der Waals surface area contributed by atoms with Gasteiger partial charge in [0, 0.05) is 6.07 Å². The van der Waals surface area contributed by atoms with E-state index in [1.165, 1.54) is 13.8 Å². The molecule has 1 aliphatic heterocycles. The number of aliphatic hydroxyl groups is 2. The van der Waals surface area contributed by atoms with Crippen LogP contribution in [-0.4, -0.2) is 51.5 Å². The molecule has 1 aliphatic rings. The van der Waals surface area contributed by atoms with Gasteiger partial charge in [0.25, 0.3) is 0 Å². The van der Waals surface area contributed by atoms with Crippen molar-refractivity contribution in [1.29, 1.82) is 0 Å². The van der Waals surface area contributed by atoms with E-state index in [9.17, 15) is 28.2 Å². The Labute approximate surface area is 129 Å². The van der Waals surface area contributed by atoms with Crippen molar-refractivity contribution in [2.24, 2.45) is 0 Å². The van der Waals surface area contributed by atoms with Crippen LogP contribution in [0.2, 0.25) is 0 Å². The fraction of sp³-hybridized carbons (Fsp3) is 0.571. The molecule has 0 radical (unpaired) electrons. The van der Waals surface area contributed by atoms with Gasteiger partial charge in [0.05, 0.1) is 6.10 Å². The summed E-state index contributed by atoms with van der Waals surface area (Å²) in [4.78, 5) is 14.9. The molecule has 0 spiro atoms. The maximum Gasteiger partial charge on any atom is 0.433 e. The molecule has 1 aromatic rings. The number of pyridine rings is 1. The fourth-order valence-electron chi connectivity index (χ4n) is 2.28. The number of hydrogen-bond donors (Lipinski definition) is 2. The highest BCUT2D eigenvalue weighted by Crippen LogP contribution is 2.30. The third-order valence-corrected chi connectivity index (χ3v) is 3.50. The first kappa shape index (κ1) is 17.6.